The van der Waals surface area contributed by atoms with E-state index in [2.05, 4.69) is 22.4 Å². The molecule has 1 N–H and O–H groups in total. The highest BCUT2D eigenvalue weighted by Crippen LogP contribution is 2.38. The third kappa shape index (κ3) is 2.89. The molecule has 1 amide bonds. The summed E-state index contributed by atoms with van der Waals surface area (Å²) in [6.45, 7) is 5.02. The monoisotopic (exact) mass is 292 g/mol. The third-order valence-electron chi connectivity index (χ3n) is 3.65. The fourth-order valence-electron chi connectivity index (χ4n) is 2.72. The van der Waals surface area contributed by atoms with E-state index >= 15 is 0 Å². The Bertz CT molecular complexity index is 762. The van der Waals surface area contributed by atoms with Crippen molar-refractivity contribution in [3.63, 3.8) is 0 Å². The summed E-state index contributed by atoms with van der Waals surface area (Å²) in [4.78, 5) is 15.5. The maximum absolute atomic E-state index is 11.2. The number of rotatable bonds is 2. The minimum atomic E-state index is -0.481. The Morgan fingerprint density at radius 2 is 2.05 bits per heavy atom. The van der Waals surface area contributed by atoms with Crippen molar-refractivity contribution < 1.29 is 4.79 Å². The first-order valence-corrected chi connectivity index (χ1v) is 6.91. The number of carbonyl (C=O) groups excluding carboxylic acids is 1. The molecule has 0 bridgehead atoms. The molecule has 0 radical (unpaired) electrons. The Labute approximate surface area is 129 Å². The number of aliphatic imine (C=N–C) groups is 1. The van der Waals surface area contributed by atoms with Crippen molar-refractivity contribution in [2.24, 2.45) is 10.9 Å². The summed E-state index contributed by atoms with van der Waals surface area (Å²) in [5, 5.41) is 21.6. The van der Waals surface area contributed by atoms with Crippen LogP contribution in [-0.2, 0) is 4.79 Å². The zero-order chi connectivity index (χ0) is 16.3. The number of amides is 1. The minimum absolute atomic E-state index is 0.164. The van der Waals surface area contributed by atoms with Crippen molar-refractivity contribution in [2.75, 3.05) is 5.32 Å². The van der Waals surface area contributed by atoms with Crippen LogP contribution in [-0.4, -0.2) is 11.6 Å². The summed E-state index contributed by atoms with van der Waals surface area (Å²) in [5.41, 5.74) is 3.31. The van der Waals surface area contributed by atoms with E-state index in [1.165, 1.54) is 6.92 Å². The van der Waals surface area contributed by atoms with Gasteiger partial charge >= 0.3 is 0 Å². The van der Waals surface area contributed by atoms with E-state index < -0.39 is 5.92 Å². The van der Waals surface area contributed by atoms with Crippen LogP contribution < -0.4 is 5.32 Å². The first-order chi connectivity index (χ1) is 10.5. The third-order valence-corrected chi connectivity index (χ3v) is 3.65. The van der Waals surface area contributed by atoms with E-state index in [4.69, 9.17) is 0 Å². The van der Waals surface area contributed by atoms with Gasteiger partial charge in [0.05, 0.1) is 29.3 Å². The number of nitrogens with zero attached hydrogens (tertiary/aromatic N) is 3. The SMILES string of the molecule is CC(=O)Nc1cccc(C2C(C#N)=C(C)N=C(C)C2C#N)c1. The van der Waals surface area contributed by atoms with Gasteiger partial charge in [0, 0.05) is 24.2 Å². The first kappa shape index (κ1) is 15.5. The molecule has 5 nitrogen and oxygen atoms in total. The lowest BCUT2D eigenvalue weighted by atomic mass is 9.77. The van der Waals surface area contributed by atoms with E-state index in [0.717, 1.165) is 5.56 Å². The van der Waals surface area contributed by atoms with E-state index in [1.54, 1.807) is 32.0 Å². The molecule has 0 saturated carbocycles. The van der Waals surface area contributed by atoms with Gasteiger partial charge in [0.25, 0.3) is 0 Å². The highest BCUT2D eigenvalue weighted by Gasteiger charge is 2.33. The number of carbonyl (C=O) groups is 1. The highest BCUT2D eigenvalue weighted by molar-refractivity contribution is 5.91. The molecule has 0 saturated heterocycles. The molecule has 110 valence electrons. The van der Waals surface area contributed by atoms with E-state index in [0.29, 0.717) is 22.7 Å². The lowest BCUT2D eigenvalue weighted by Crippen LogP contribution is -2.24. The number of hydrogen-bond donors (Lipinski definition) is 1. The van der Waals surface area contributed by atoms with Gasteiger partial charge in [0.1, 0.15) is 0 Å². The van der Waals surface area contributed by atoms with Crippen LogP contribution in [0.1, 0.15) is 32.3 Å². The van der Waals surface area contributed by atoms with Gasteiger partial charge in [-0.1, -0.05) is 12.1 Å². The second-order valence-corrected chi connectivity index (χ2v) is 5.26. The van der Waals surface area contributed by atoms with Crippen molar-refractivity contribution in [2.45, 2.75) is 26.7 Å². The van der Waals surface area contributed by atoms with Crippen LogP contribution in [0.3, 0.4) is 0 Å². The first-order valence-electron chi connectivity index (χ1n) is 6.91. The molecule has 0 spiro atoms. The van der Waals surface area contributed by atoms with Gasteiger partial charge in [-0.3, -0.25) is 9.79 Å². The molecular weight excluding hydrogens is 276 g/mol. The summed E-state index contributed by atoms with van der Waals surface area (Å²) >= 11 is 0. The summed E-state index contributed by atoms with van der Waals surface area (Å²) in [6, 6.07) is 11.7. The predicted octanol–water partition coefficient (Wildman–Crippen LogP) is 3.14. The molecule has 2 rings (SSSR count). The largest absolute Gasteiger partial charge is 0.326 e. The molecule has 1 aliphatic rings. The lowest BCUT2D eigenvalue weighted by Gasteiger charge is -2.27. The van der Waals surface area contributed by atoms with Crippen LogP contribution in [0.4, 0.5) is 5.69 Å². The average molecular weight is 292 g/mol. The highest BCUT2D eigenvalue weighted by atomic mass is 16.1. The zero-order valence-corrected chi connectivity index (χ0v) is 12.7. The minimum Gasteiger partial charge on any atom is -0.326 e. The van der Waals surface area contributed by atoms with Crippen LogP contribution in [0.15, 0.2) is 40.5 Å². The second kappa shape index (κ2) is 6.24. The average Bonchev–Trinajstić information content (AvgIpc) is 2.46. The number of allylic oxidation sites excluding steroid dienone is 2. The van der Waals surface area contributed by atoms with E-state index in [-0.39, 0.29) is 11.8 Å². The van der Waals surface area contributed by atoms with Gasteiger partial charge < -0.3 is 5.32 Å². The molecule has 2 unspecified atom stereocenters. The molecule has 5 heteroatoms. The van der Waals surface area contributed by atoms with Crippen molar-refractivity contribution in [1.82, 2.24) is 0 Å². The molecule has 22 heavy (non-hydrogen) atoms. The van der Waals surface area contributed by atoms with Gasteiger partial charge in [0.2, 0.25) is 5.91 Å². The van der Waals surface area contributed by atoms with Gasteiger partial charge in [0.15, 0.2) is 0 Å². The number of nitriles is 2. The predicted molar refractivity (Wildman–Crippen MR) is 84.0 cm³/mol. The maximum Gasteiger partial charge on any atom is 0.221 e. The van der Waals surface area contributed by atoms with Crippen molar-refractivity contribution in [1.29, 1.82) is 10.5 Å². The Hall–Kier alpha value is -2.92. The van der Waals surface area contributed by atoms with Crippen LogP contribution in [0.2, 0.25) is 0 Å². The van der Waals surface area contributed by atoms with Crippen LogP contribution in [0.25, 0.3) is 0 Å². The molecule has 1 heterocycles. The number of nitrogens with one attached hydrogen (secondary N) is 1. The summed E-state index contributed by atoms with van der Waals surface area (Å²) in [5.74, 6) is -1.00. The quantitative estimate of drug-likeness (QED) is 0.908. The molecular formula is C17H16N4O. The fourth-order valence-corrected chi connectivity index (χ4v) is 2.72. The van der Waals surface area contributed by atoms with Gasteiger partial charge in [-0.2, -0.15) is 10.5 Å². The molecule has 1 aromatic rings. The Morgan fingerprint density at radius 1 is 1.32 bits per heavy atom. The standard InChI is InChI=1S/C17H16N4O/c1-10-15(8-18)17(16(9-19)11(2)20-10)13-5-4-6-14(7-13)21-12(3)22/h4-7,15,17H,1-3H3,(H,21,22). The molecule has 1 aromatic carbocycles. The number of anilines is 1. The number of hydrogen-bond acceptors (Lipinski definition) is 4. The van der Waals surface area contributed by atoms with E-state index in [9.17, 15) is 15.3 Å². The summed E-state index contributed by atoms with van der Waals surface area (Å²) in [6.07, 6.45) is 0. The van der Waals surface area contributed by atoms with E-state index in [1.807, 2.05) is 6.07 Å². The van der Waals surface area contributed by atoms with Crippen LogP contribution in [0, 0.1) is 28.6 Å². The molecule has 1 aliphatic heterocycles. The molecule has 0 fully saturated rings. The fraction of sp³-hybridized carbons (Fsp3) is 0.294. The summed E-state index contributed by atoms with van der Waals surface area (Å²) in [7, 11) is 0. The normalized spacial score (nSPS) is 20.7. The van der Waals surface area contributed by atoms with Gasteiger partial charge in [-0.15, -0.1) is 0 Å². The molecule has 2 atom stereocenters. The van der Waals surface area contributed by atoms with Crippen LogP contribution >= 0.6 is 0 Å². The van der Waals surface area contributed by atoms with Crippen molar-refractivity contribution >= 4 is 17.3 Å². The van der Waals surface area contributed by atoms with Crippen LogP contribution in [0.5, 0.6) is 0 Å². The lowest BCUT2D eigenvalue weighted by molar-refractivity contribution is -0.114. The van der Waals surface area contributed by atoms with Crippen molar-refractivity contribution in [3.8, 4) is 12.1 Å². The smallest absolute Gasteiger partial charge is 0.221 e. The Morgan fingerprint density at radius 3 is 2.64 bits per heavy atom. The second-order valence-electron chi connectivity index (χ2n) is 5.26. The zero-order valence-electron chi connectivity index (χ0n) is 12.7. The van der Waals surface area contributed by atoms with Gasteiger partial charge in [-0.25, -0.2) is 0 Å². The van der Waals surface area contributed by atoms with Crippen molar-refractivity contribution in [3.05, 3.63) is 41.1 Å². The summed E-state index contributed by atoms with van der Waals surface area (Å²) < 4.78 is 0. The molecule has 0 aromatic heterocycles. The number of benzene rings is 1. The maximum atomic E-state index is 11.2. The topological polar surface area (TPSA) is 89.0 Å². The molecule has 0 aliphatic carbocycles. The Kier molecular flexibility index (Phi) is 4.39. The van der Waals surface area contributed by atoms with Gasteiger partial charge in [-0.05, 0) is 31.5 Å². The Balaban J connectivity index is 2.54.